The average Bonchev–Trinajstić information content (AvgIpc) is 2.10. The summed E-state index contributed by atoms with van der Waals surface area (Å²) in [6.45, 7) is 2.42. The van der Waals surface area contributed by atoms with Crippen molar-refractivity contribution in [1.82, 2.24) is 0 Å². The van der Waals surface area contributed by atoms with Gasteiger partial charge in [-0.3, -0.25) is 4.52 Å². The second-order valence-electron chi connectivity index (χ2n) is 2.46. The van der Waals surface area contributed by atoms with Crippen LogP contribution in [0.4, 0.5) is 0 Å². The number of hydrogen-bond donors (Lipinski definition) is 4. The van der Waals surface area contributed by atoms with Gasteiger partial charge in [-0.15, -0.1) is 0 Å². The number of hydrogen-bond acceptors (Lipinski definition) is 5. The van der Waals surface area contributed by atoms with Crippen molar-refractivity contribution in [2.45, 2.75) is 12.2 Å². The van der Waals surface area contributed by atoms with Gasteiger partial charge in [0, 0.05) is 0 Å². The van der Waals surface area contributed by atoms with Crippen LogP contribution in [0.25, 0.3) is 0 Å². The minimum absolute atomic E-state index is 0.128. The third-order valence-electron chi connectivity index (χ3n) is 1.34. The van der Waals surface area contributed by atoms with E-state index in [-0.39, 0.29) is 11.9 Å². The van der Waals surface area contributed by atoms with E-state index in [1.165, 1.54) is 0 Å². The van der Waals surface area contributed by atoms with Gasteiger partial charge in [0.15, 0.2) is 6.29 Å². The van der Waals surface area contributed by atoms with Crippen LogP contribution in [0.1, 0.15) is 0 Å². The molecule has 2 atom stereocenters. The fourth-order valence-corrected chi connectivity index (χ4v) is 0.895. The van der Waals surface area contributed by atoms with Crippen molar-refractivity contribution in [1.29, 1.82) is 0 Å². The summed E-state index contributed by atoms with van der Waals surface area (Å²) in [5.41, 5.74) is -0.284. The van der Waals surface area contributed by atoms with E-state index in [9.17, 15) is 9.36 Å². The Morgan fingerprint density at radius 3 is 2.36 bits per heavy atom. The molecule has 0 saturated heterocycles. The Balaban J connectivity index is 4.09. The van der Waals surface area contributed by atoms with Crippen molar-refractivity contribution in [3.8, 4) is 0 Å². The topological polar surface area (TPSA) is 124 Å². The van der Waals surface area contributed by atoms with Crippen LogP contribution in [0.15, 0.2) is 12.2 Å². The molecule has 0 saturated carbocycles. The third-order valence-corrected chi connectivity index (χ3v) is 1.82. The molecule has 0 amide bonds. The largest absolute Gasteiger partial charge is 0.469 e. The maximum Gasteiger partial charge on any atom is 0.469 e. The Kier molecular flexibility index (Phi) is 5.14. The Morgan fingerprint density at radius 2 is 2.00 bits per heavy atom. The number of phosphoric ester groups is 1. The molecule has 0 rings (SSSR count). The van der Waals surface area contributed by atoms with E-state index in [1.54, 1.807) is 0 Å². The molecule has 0 aliphatic carbocycles. The molecule has 0 aromatic rings. The van der Waals surface area contributed by atoms with E-state index >= 15 is 0 Å². The monoisotopic (exact) mass is 226 g/mol. The molecule has 8 heteroatoms. The molecule has 0 spiro atoms. The van der Waals surface area contributed by atoms with Crippen molar-refractivity contribution in [3.05, 3.63) is 12.2 Å². The van der Waals surface area contributed by atoms with Crippen molar-refractivity contribution >= 4 is 14.1 Å². The first-order chi connectivity index (χ1) is 6.28. The molecule has 82 valence electrons. The summed E-state index contributed by atoms with van der Waals surface area (Å²) in [4.78, 5) is 26.6. The van der Waals surface area contributed by atoms with Crippen LogP contribution in [0, 0.1) is 0 Å². The van der Waals surface area contributed by atoms with Gasteiger partial charge in [0.2, 0.25) is 0 Å². The van der Waals surface area contributed by atoms with Gasteiger partial charge in [0.25, 0.3) is 0 Å². The smallest absolute Gasteiger partial charge is 0.386 e. The lowest BCUT2D eigenvalue weighted by molar-refractivity contribution is -0.113. The van der Waals surface area contributed by atoms with E-state index in [0.29, 0.717) is 0 Å². The predicted octanol–water partition coefficient (Wildman–Crippen LogP) is -1.43. The minimum Gasteiger partial charge on any atom is -0.386 e. The Morgan fingerprint density at radius 1 is 1.50 bits per heavy atom. The van der Waals surface area contributed by atoms with Crippen molar-refractivity contribution in [2.75, 3.05) is 6.61 Å². The van der Waals surface area contributed by atoms with Gasteiger partial charge in [0.05, 0.1) is 6.61 Å². The first-order valence-corrected chi connectivity index (χ1v) is 5.01. The molecule has 0 radical (unpaired) electrons. The van der Waals surface area contributed by atoms with E-state index in [1.807, 2.05) is 0 Å². The van der Waals surface area contributed by atoms with Crippen molar-refractivity contribution < 1.29 is 33.9 Å². The first kappa shape index (κ1) is 13.4. The van der Waals surface area contributed by atoms with Gasteiger partial charge in [-0.05, 0) is 5.57 Å². The Labute approximate surface area is 79.9 Å². The molecular weight excluding hydrogens is 215 g/mol. The summed E-state index contributed by atoms with van der Waals surface area (Å²) in [5.74, 6) is 0. The zero-order valence-electron chi connectivity index (χ0n) is 7.11. The van der Waals surface area contributed by atoms with Crippen molar-refractivity contribution in [2.24, 2.45) is 0 Å². The number of carbonyl (C=O) groups excluding carboxylic acids is 1. The molecule has 0 fully saturated rings. The maximum atomic E-state index is 10.2. The van der Waals surface area contributed by atoms with E-state index in [2.05, 4.69) is 11.1 Å². The van der Waals surface area contributed by atoms with E-state index in [0.717, 1.165) is 0 Å². The third kappa shape index (κ3) is 5.23. The van der Waals surface area contributed by atoms with Crippen LogP contribution in [0.5, 0.6) is 0 Å². The molecule has 0 unspecified atom stereocenters. The van der Waals surface area contributed by atoms with Crippen LogP contribution in [-0.2, 0) is 13.9 Å². The van der Waals surface area contributed by atoms with Gasteiger partial charge in [-0.1, -0.05) is 6.58 Å². The van der Waals surface area contributed by atoms with Gasteiger partial charge in [-0.25, -0.2) is 4.57 Å². The highest BCUT2D eigenvalue weighted by Crippen LogP contribution is 2.36. The summed E-state index contributed by atoms with van der Waals surface area (Å²) < 4.78 is 14.1. The SMILES string of the molecule is C=C([C@H](O)COP(=O)(O)O)[C@@H](O)C=O. The van der Waals surface area contributed by atoms with Crippen LogP contribution < -0.4 is 0 Å². The summed E-state index contributed by atoms with van der Waals surface area (Å²) in [6.07, 6.45) is -2.96. The van der Waals surface area contributed by atoms with Crippen molar-refractivity contribution in [3.63, 3.8) is 0 Å². The molecule has 0 bridgehead atoms. The van der Waals surface area contributed by atoms with Gasteiger partial charge in [-0.2, -0.15) is 0 Å². The molecule has 0 aromatic heterocycles. The second kappa shape index (κ2) is 5.35. The quantitative estimate of drug-likeness (QED) is 0.248. The van der Waals surface area contributed by atoms with Crippen LogP contribution in [0.3, 0.4) is 0 Å². The molecule has 7 nitrogen and oxygen atoms in total. The lowest BCUT2D eigenvalue weighted by Crippen LogP contribution is -2.26. The van der Waals surface area contributed by atoms with Gasteiger partial charge < -0.3 is 24.8 Å². The summed E-state index contributed by atoms with van der Waals surface area (Å²) >= 11 is 0. The average molecular weight is 226 g/mol. The highest BCUT2D eigenvalue weighted by atomic mass is 31.2. The summed E-state index contributed by atoms with van der Waals surface area (Å²) in [6, 6.07) is 0. The van der Waals surface area contributed by atoms with Crippen LogP contribution in [-0.4, -0.2) is 45.1 Å². The fraction of sp³-hybridized carbons (Fsp3) is 0.500. The maximum absolute atomic E-state index is 10.2. The molecule has 14 heavy (non-hydrogen) atoms. The number of aldehydes is 1. The lowest BCUT2D eigenvalue weighted by atomic mass is 10.1. The number of aliphatic hydroxyl groups excluding tert-OH is 2. The molecule has 0 aliphatic rings. The molecule has 0 aromatic carbocycles. The standard InChI is InChI=1S/C6H11O7P/c1-4(5(8)2-7)6(9)3-13-14(10,11)12/h2,5-6,8-9H,1,3H2,(H2,10,11,12)/t5-,6+/m0/s1. The Bertz CT molecular complexity index is 257. The highest BCUT2D eigenvalue weighted by molar-refractivity contribution is 7.46. The van der Waals surface area contributed by atoms with E-state index in [4.69, 9.17) is 20.0 Å². The van der Waals surface area contributed by atoms with Gasteiger partial charge in [0.1, 0.15) is 12.2 Å². The normalized spacial score (nSPS) is 16.0. The fourth-order valence-electron chi connectivity index (χ4n) is 0.559. The van der Waals surface area contributed by atoms with E-state index < -0.39 is 26.6 Å². The van der Waals surface area contributed by atoms with Crippen LogP contribution in [0.2, 0.25) is 0 Å². The Hall–Kier alpha value is -0.560. The predicted molar refractivity (Wildman–Crippen MR) is 45.2 cm³/mol. The summed E-state index contributed by atoms with van der Waals surface area (Å²) in [7, 11) is -4.67. The lowest BCUT2D eigenvalue weighted by Gasteiger charge is -2.15. The molecule has 0 heterocycles. The summed E-state index contributed by atoms with van der Waals surface area (Å²) in [5, 5.41) is 17.9. The highest BCUT2D eigenvalue weighted by Gasteiger charge is 2.21. The zero-order valence-corrected chi connectivity index (χ0v) is 8.00. The number of aliphatic hydroxyl groups is 2. The second-order valence-corrected chi connectivity index (χ2v) is 3.70. The number of rotatable bonds is 6. The molecular formula is C6H11O7P. The number of phosphoric acid groups is 1. The number of carbonyl (C=O) groups is 1. The van der Waals surface area contributed by atoms with Gasteiger partial charge >= 0.3 is 7.82 Å². The first-order valence-electron chi connectivity index (χ1n) is 3.48. The van der Waals surface area contributed by atoms with Crippen LogP contribution >= 0.6 is 7.82 Å². The minimum atomic E-state index is -4.67. The zero-order chi connectivity index (χ0) is 11.4. The molecule has 0 aliphatic heterocycles. The molecule has 4 N–H and O–H groups in total.